The summed E-state index contributed by atoms with van der Waals surface area (Å²) in [6, 6.07) is 16.4. The number of aliphatic hydroxyl groups excluding tert-OH is 1. The normalized spacial score (nSPS) is 18.8. The van der Waals surface area contributed by atoms with Crippen molar-refractivity contribution in [3.8, 4) is 5.75 Å². The van der Waals surface area contributed by atoms with Gasteiger partial charge >= 0.3 is 0 Å². The van der Waals surface area contributed by atoms with Crippen LogP contribution in [0.2, 0.25) is 0 Å². The molecular weight excluding hydrogens is 585 g/mol. The number of nitrogens with one attached hydrogen (secondary N) is 1. The van der Waals surface area contributed by atoms with E-state index in [2.05, 4.69) is 4.72 Å². The number of hydrogen-bond donors (Lipinski definition) is 2. The quantitative estimate of drug-likeness (QED) is 0.376. The summed E-state index contributed by atoms with van der Waals surface area (Å²) in [6.45, 7) is 3.32. The van der Waals surface area contributed by atoms with Gasteiger partial charge in [0, 0.05) is 30.8 Å². The molecule has 0 saturated carbocycles. The molecule has 2 N–H and O–H groups in total. The number of likely N-dealkylation sites (N-methyl/N-ethyl adjacent to an activating group) is 1. The lowest BCUT2D eigenvalue weighted by atomic mass is 10.0. The molecule has 1 aliphatic rings. The second kappa shape index (κ2) is 12.8. The molecule has 4 rings (SSSR count). The minimum absolute atomic E-state index is 0.0723. The van der Waals surface area contributed by atoms with Crippen LogP contribution in [0.4, 0.5) is 10.1 Å². The standard InChI is InChI=1S/C29H34FN3O7S2/c1-20-17-33(21(2)19-34)29(35)16-22-15-24(31-41(36,37)25-7-5-4-6-8-25)11-14-27(22)40-28(20)18-32(3)42(38,39)26-12-9-23(30)10-13-26/h4-15,20-21,28,31,34H,16-19H2,1-3H3/t20-,21-,28+/m1/s1. The summed E-state index contributed by atoms with van der Waals surface area (Å²) in [7, 11) is -6.51. The van der Waals surface area contributed by atoms with Gasteiger partial charge in [0.1, 0.15) is 17.7 Å². The molecule has 0 bridgehead atoms. The molecule has 0 aliphatic carbocycles. The first-order chi connectivity index (χ1) is 19.8. The van der Waals surface area contributed by atoms with E-state index in [1.54, 1.807) is 31.2 Å². The number of ether oxygens (including phenoxy) is 1. The van der Waals surface area contributed by atoms with Gasteiger partial charge in [-0.1, -0.05) is 25.1 Å². The minimum atomic E-state index is -4.00. The number of benzene rings is 3. The van der Waals surface area contributed by atoms with Gasteiger partial charge in [0.25, 0.3) is 10.0 Å². The Morgan fingerprint density at radius 1 is 1.05 bits per heavy atom. The van der Waals surface area contributed by atoms with Crippen LogP contribution in [0.3, 0.4) is 0 Å². The van der Waals surface area contributed by atoms with Gasteiger partial charge in [-0.15, -0.1) is 0 Å². The number of hydrogen-bond acceptors (Lipinski definition) is 7. The van der Waals surface area contributed by atoms with Crippen molar-refractivity contribution in [1.82, 2.24) is 9.21 Å². The van der Waals surface area contributed by atoms with Crippen LogP contribution < -0.4 is 9.46 Å². The molecule has 1 heterocycles. The average molecular weight is 620 g/mol. The fraction of sp³-hybridized carbons (Fsp3) is 0.345. The fourth-order valence-electron chi connectivity index (χ4n) is 4.66. The van der Waals surface area contributed by atoms with Gasteiger partial charge in [-0.3, -0.25) is 9.52 Å². The largest absolute Gasteiger partial charge is 0.488 e. The van der Waals surface area contributed by atoms with E-state index in [-0.39, 0.29) is 53.4 Å². The first-order valence-electron chi connectivity index (χ1n) is 13.3. The molecule has 0 saturated heterocycles. The molecule has 10 nitrogen and oxygen atoms in total. The highest BCUT2D eigenvalue weighted by atomic mass is 32.2. The summed E-state index contributed by atoms with van der Waals surface area (Å²) in [6.07, 6.45) is -0.876. The lowest BCUT2D eigenvalue weighted by molar-refractivity contribution is -0.134. The molecular formula is C29H34FN3O7S2. The van der Waals surface area contributed by atoms with Crippen LogP contribution in [0.25, 0.3) is 0 Å². The topological polar surface area (TPSA) is 133 Å². The predicted molar refractivity (Wildman–Crippen MR) is 155 cm³/mol. The third-order valence-corrected chi connectivity index (χ3v) is 10.4. The first-order valence-corrected chi connectivity index (χ1v) is 16.2. The lowest BCUT2D eigenvalue weighted by Crippen LogP contribution is -2.48. The van der Waals surface area contributed by atoms with Crippen molar-refractivity contribution in [3.63, 3.8) is 0 Å². The number of rotatable bonds is 9. The molecule has 1 aliphatic heterocycles. The van der Waals surface area contributed by atoms with Gasteiger partial charge < -0.3 is 14.7 Å². The van der Waals surface area contributed by atoms with Crippen molar-refractivity contribution in [3.05, 3.63) is 84.2 Å². The lowest BCUT2D eigenvalue weighted by Gasteiger charge is -2.33. The third-order valence-electron chi connectivity index (χ3n) is 7.18. The molecule has 3 atom stereocenters. The Balaban J connectivity index is 1.68. The fourth-order valence-corrected chi connectivity index (χ4v) is 6.92. The smallest absolute Gasteiger partial charge is 0.261 e. The molecule has 3 aromatic rings. The van der Waals surface area contributed by atoms with Crippen LogP contribution in [-0.4, -0.2) is 75.9 Å². The van der Waals surface area contributed by atoms with E-state index < -0.39 is 38.0 Å². The Bertz CT molecular complexity index is 1620. The molecule has 3 aromatic carbocycles. The van der Waals surface area contributed by atoms with E-state index >= 15 is 0 Å². The molecule has 13 heteroatoms. The predicted octanol–water partition coefficient (Wildman–Crippen LogP) is 3.10. The Labute approximate surface area is 245 Å². The van der Waals surface area contributed by atoms with Crippen LogP contribution in [0, 0.1) is 11.7 Å². The van der Waals surface area contributed by atoms with Gasteiger partial charge in [0.05, 0.1) is 35.4 Å². The maximum atomic E-state index is 13.4. The second-order valence-electron chi connectivity index (χ2n) is 10.4. The number of amides is 1. The molecule has 0 unspecified atom stereocenters. The van der Waals surface area contributed by atoms with Crippen molar-refractivity contribution in [2.75, 3.05) is 31.5 Å². The number of sulfonamides is 2. The van der Waals surface area contributed by atoms with E-state index in [9.17, 15) is 31.1 Å². The van der Waals surface area contributed by atoms with E-state index in [1.165, 1.54) is 48.3 Å². The first kappa shape index (κ1) is 31.4. The number of nitrogens with zero attached hydrogens (tertiary/aromatic N) is 2. The number of carbonyl (C=O) groups excluding carboxylic acids is 1. The zero-order valence-electron chi connectivity index (χ0n) is 23.5. The van der Waals surface area contributed by atoms with Crippen molar-refractivity contribution in [1.29, 1.82) is 0 Å². The molecule has 0 fully saturated rings. The van der Waals surface area contributed by atoms with Crippen molar-refractivity contribution >= 4 is 31.6 Å². The Morgan fingerprint density at radius 3 is 2.36 bits per heavy atom. The zero-order chi connectivity index (χ0) is 30.7. The van der Waals surface area contributed by atoms with Crippen molar-refractivity contribution in [2.45, 2.75) is 42.2 Å². The summed E-state index contributed by atoms with van der Waals surface area (Å²) in [5.41, 5.74) is 0.613. The summed E-state index contributed by atoms with van der Waals surface area (Å²) >= 11 is 0. The van der Waals surface area contributed by atoms with Gasteiger partial charge in [-0.05, 0) is 61.5 Å². The van der Waals surface area contributed by atoms with E-state index in [0.29, 0.717) is 11.3 Å². The molecule has 0 spiro atoms. The molecule has 0 radical (unpaired) electrons. The summed E-state index contributed by atoms with van der Waals surface area (Å²) in [5.74, 6) is -0.941. The third kappa shape index (κ3) is 7.09. The summed E-state index contributed by atoms with van der Waals surface area (Å²) in [4.78, 5) is 14.9. The summed E-state index contributed by atoms with van der Waals surface area (Å²) < 4.78 is 75.7. The van der Waals surface area contributed by atoms with Crippen LogP contribution in [0.5, 0.6) is 5.75 Å². The average Bonchev–Trinajstić information content (AvgIpc) is 3.00. The highest BCUT2D eigenvalue weighted by molar-refractivity contribution is 7.92. The van der Waals surface area contributed by atoms with E-state index in [0.717, 1.165) is 16.4 Å². The van der Waals surface area contributed by atoms with Gasteiger partial charge in [-0.25, -0.2) is 21.2 Å². The van der Waals surface area contributed by atoms with Gasteiger partial charge in [-0.2, -0.15) is 4.31 Å². The van der Waals surface area contributed by atoms with Crippen molar-refractivity contribution in [2.24, 2.45) is 5.92 Å². The number of halogens is 1. The van der Waals surface area contributed by atoms with Crippen LogP contribution >= 0.6 is 0 Å². The number of fused-ring (bicyclic) bond motifs is 1. The van der Waals surface area contributed by atoms with Gasteiger partial charge in [0.2, 0.25) is 15.9 Å². The highest BCUT2D eigenvalue weighted by Gasteiger charge is 2.33. The number of aliphatic hydroxyl groups is 1. The zero-order valence-corrected chi connectivity index (χ0v) is 25.1. The van der Waals surface area contributed by atoms with E-state index in [1.807, 2.05) is 6.92 Å². The van der Waals surface area contributed by atoms with Gasteiger partial charge in [0.15, 0.2) is 0 Å². The highest BCUT2D eigenvalue weighted by Crippen LogP contribution is 2.30. The molecule has 1 amide bonds. The Morgan fingerprint density at radius 2 is 1.71 bits per heavy atom. The SMILES string of the molecule is C[C@@H]1CN([C@H](C)CO)C(=O)Cc2cc(NS(=O)(=O)c3ccccc3)ccc2O[C@H]1CN(C)S(=O)(=O)c1ccc(F)cc1. The number of anilines is 1. The monoisotopic (exact) mass is 619 g/mol. The summed E-state index contributed by atoms with van der Waals surface area (Å²) in [5, 5.41) is 9.85. The molecule has 0 aromatic heterocycles. The molecule has 42 heavy (non-hydrogen) atoms. The maximum absolute atomic E-state index is 13.4. The minimum Gasteiger partial charge on any atom is -0.488 e. The number of carbonyl (C=O) groups is 1. The Kier molecular flexibility index (Phi) is 9.56. The molecule has 226 valence electrons. The second-order valence-corrected chi connectivity index (χ2v) is 14.1. The van der Waals surface area contributed by atoms with E-state index in [4.69, 9.17) is 4.74 Å². The van der Waals surface area contributed by atoms with Crippen molar-refractivity contribution < 1.29 is 35.9 Å². The maximum Gasteiger partial charge on any atom is 0.261 e. The Hall–Kier alpha value is -3.52. The van der Waals surface area contributed by atoms with Crippen LogP contribution in [0.1, 0.15) is 19.4 Å². The van der Waals surface area contributed by atoms with Crippen LogP contribution in [0.15, 0.2) is 82.6 Å². The van der Waals surface area contributed by atoms with Crippen LogP contribution in [-0.2, 0) is 31.3 Å².